The van der Waals surface area contributed by atoms with Crippen molar-refractivity contribution in [2.75, 3.05) is 38.1 Å². The second-order valence-corrected chi connectivity index (χ2v) is 7.93. The zero-order valence-corrected chi connectivity index (χ0v) is 15.2. The molecule has 1 unspecified atom stereocenters. The van der Waals surface area contributed by atoms with Crippen LogP contribution in [0, 0.1) is 0 Å². The monoisotopic (exact) mass is 343 g/mol. The molecule has 1 amide bonds. The maximum Gasteiger partial charge on any atom is 0.225 e. The van der Waals surface area contributed by atoms with Crippen molar-refractivity contribution in [3.63, 3.8) is 0 Å². The molecule has 6 heteroatoms. The van der Waals surface area contributed by atoms with Gasteiger partial charge in [0.25, 0.3) is 0 Å². The van der Waals surface area contributed by atoms with Gasteiger partial charge in [0, 0.05) is 55.9 Å². The topological polar surface area (TPSA) is 61.4 Å². The molecule has 2 aliphatic heterocycles. The molecule has 6 nitrogen and oxygen atoms in total. The second-order valence-electron chi connectivity index (χ2n) is 7.93. The minimum atomic E-state index is 0.0458. The third-order valence-electron chi connectivity index (χ3n) is 6.45. The van der Waals surface area contributed by atoms with E-state index in [1.54, 1.807) is 0 Å². The van der Waals surface area contributed by atoms with Crippen molar-refractivity contribution in [2.24, 2.45) is 0 Å². The number of piperazine rings is 1. The lowest BCUT2D eigenvalue weighted by Gasteiger charge is -2.49. The van der Waals surface area contributed by atoms with E-state index in [1.165, 1.54) is 31.4 Å². The fourth-order valence-electron chi connectivity index (χ4n) is 4.73. The average Bonchev–Trinajstić information content (AvgIpc) is 3.10. The number of nitrogens with zero attached hydrogens (tertiary/aromatic N) is 4. The second kappa shape index (κ2) is 6.90. The van der Waals surface area contributed by atoms with Crippen molar-refractivity contribution < 1.29 is 4.79 Å². The molecule has 1 atom stereocenters. The molecule has 1 aliphatic carbocycles. The SMILES string of the molecule is CN1CCN(c2nccc(C3CCCC3)n2)CC12CCNC(=O)CC2. The number of carbonyl (C=O) groups excluding carboxylic acids is 1. The molecule has 3 aliphatic rings. The van der Waals surface area contributed by atoms with Crippen LogP contribution in [-0.2, 0) is 4.79 Å². The molecule has 3 fully saturated rings. The molecular formula is C19H29N5O. The first-order chi connectivity index (χ1) is 12.2. The Labute approximate surface area is 150 Å². The molecule has 0 aromatic carbocycles. The maximum atomic E-state index is 11.8. The number of rotatable bonds is 2. The van der Waals surface area contributed by atoms with Gasteiger partial charge in [0.1, 0.15) is 0 Å². The summed E-state index contributed by atoms with van der Waals surface area (Å²) in [4.78, 5) is 26.1. The van der Waals surface area contributed by atoms with Gasteiger partial charge >= 0.3 is 0 Å². The minimum Gasteiger partial charge on any atom is -0.356 e. The predicted molar refractivity (Wildman–Crippen MR) is 97.7 cm³/mol. The Balaban J connectivity index is 1.54. The third-order valence-corrected chi connectivity index (χ3v) is 6.45. The summed E-state index contributed by atoms with van der Waals surface area (Å²) in [6.07, 6.45) is 9.61. The van der Waals surface area contributed by atoms with Gasteiger partial charge in [-0.05, 0) is 38.8 Å². The number of amides is 1. The highest BCUT2D eigenvalue weighted by Crippen LogP contribution is 2.35. The Kier molecular flexibility index (Phi) is 4.63. The largest absolute Gasteiger partial charge is 0.356 e. The molecule has 4 rings (SSSR count). The standard InChI is InChI=1S/C19H29N5O/c1-23-12-13-24(14-19(23)8-6-17(25)20-11-9-19)18-21-10-7-16(22-18)15-4-2-3-5-15/h7,10,15H,2-6,8-9,11-14H2,1H3,(H,20,25). The van der Waals surface area contributed by atoms with Crippen LogP contribution in [0.25, 0.3) is 0 Å². The van der Waals surface area contributed by atoms with E-state index in [4.69, 9.17) is 4.98 Å². The highest BCUT2D eigenvalue weighted by atomic mass is 16.1. The summed E-state index contributed by atoms with van der Waals surface area (Å²) in [7, 11) is 2.20. The van der Waals surface area contributed by atoms with E-state index in [0.717, 1.165) is 45.0 Å². The fraction of sp³-hybridized carbons (Fsp3) is 0.737. The maximum absolute atomic E-state index is 11.8. The van der Waals surface area contributed by atoms with Crippen LogP contribution < -0.4 is 10.2 Å². The summed E-state index contributed by atoms with van der Waals surface area (Å²) >= 11 is 0. The smallest absolute Gasteiger partial charge is 0.225 e. The number of hydrogen-bond donors (Lipinski definition) is 1. The van der Waals surface area contributed by atoms with Crippen LogP contribution in [0.5, 0.6) is 0 Å². The third kappa shape index (κ3) is 3.36. The molecule has 1 aromatic rings. The van der Waals surface area contributed by atoms with Gasteiger partial charge in [-0.3, -0.25) is 9.69 Å². The molecule has 25 heavy (non-hydrogen) atoms. The first kappa shape index (κ1) is 16.8. The lowest BCUT2D eigenvalue weighted by atomic mass is 9.86. The van der Waals surface area contributed by atoms with Crippen LogP contribution in [0.15, 0.2) is 12.3 Å². The van der Waals surface area contributed by atoms with E-state index in [1.807, 2.05) is 6.20 Å². The van der Waals surface area contributed by atoms with Gasteiger partial charge in [-0.25, -0.2) is 9.97 Å². The van der Waals surface area contributed by atoms with Gasteiger partial charge in [0.05, 0.1) is 0 Å². The van der Waals surface area contributed by atoms with Crippen LogP contribution in [0.2, 0.25) is 0 Å². The average molecular weight is 343 g/mol. The normalized spacial score (nSPS) is 29.0. The van der Waals surface area contributed by atoms with Gasteiger partial charge in [-0.1, -0.05) is 12.8 Å². The van der Waals surface area contributed by atoms with Crippen LogP contribution in [0.4, 0.5) is 5.95 Å². The number of aromatic nitrogens is 2. The predicted octanol–water partition coefficient (Wildman–Crippen LogP) is 1.92. The van der Waals surface area contributed by atoms with Crippen molar-refractivity contribution >= 4 is 11.9 Å². The molecule has 1 aromatic heterocycles. The molecule has 1 saturated carbocycles. The summed E-state index contributed by atoms with van der Waals surface area (Å²) in [5.41, 5.74) is 1.26. The van der Waals surface area contributed by atoms with Crippen molar-refractivity contribution in [3.8, 4) is 0 Å². The Morgan fingerprint density at radius 1 is 1.24 bits per heavy atom. The van der Waals surface area contributed by atoms with E-state index in [9.17, 15) is 4.79 Å². The molecular weight excluding hydrogens is 314 g/mol. The molecule has 0 radical (unpaired) electrons. The van der Waals surface area contributed by atoms with Crippen molar-refractivity contribution in [2.45, 2.75) is 56.4 Å². The van der Waals surface area contributed by atoms with Crippen LogP contribution in [0.1, 0.15) is 56.6 Å². The molecule has 2 saturated heterocycles. The molecule has 1 N–H and O–H groups in total. The number of hydrogen-bond acceptors (Lipinski definition) is 5. The lowest BCUT2D eigenvalue weighted by Crippen LogP contribution is -2.61. The van der Waals surface area contributed by atoms with Gasteiger partial charge in [0.2, 0.25) is 11.9 Å². The first-order valence-corrected chi connectivity index (χ1v) is 9.72. The summed E-state index contributed by atoms with van der Waals surface area (Å²) in [6, 6.07) is 2.10. The Hall–Kier alpha value is -1.69. The number of carbonyl (C=O) groups is 1. The van der Waals surface area contributed by atoms with E-state index >= 15 is 0 Å². The van der Waals surface area contributed by atoms with Crippen LogP contribution in [-0.4, -0.2) is 59.5 Å². The number of likely N-dealkylation sites (N-methyl/N-ethyl adjacent to an activating group) is 1. The fourth-order valence-corrected chi connectivity index (χ4v) is 4.73. The zero-order valence-electron chi connectivity index (χ0n) is 15.2. The first-order valence-electron chi connectivity index (χ1n) is 9.72. The number of nitrogens with one attached hydrogen (secondary N) is 1. The Bertz CT molecular complexity index is 630. The summed E-state index contributed by atoms with van der Waals surface area (Å²) < 4.78 is 0. The van der Waals surface area contributed by atoms with Gasteiger partial charge in [-0.2, -0.15) is 0 Å². The summed E-state index contributed by atoms with van der Waals surface area (Å²) in [5, 5.41) is 3.02. The summed E-state index contributed by atoms with van der Waals surface area (Å²) in [6.45, 7) is 3.62. The molecule has 3 heterocycles. The van der Waals surface area contributed by atoms with E-state index in [2.05, 4.69) is 33.2 Å². The number of anilines is 1. The molecule has 1 spiro atoms. The molecule has 136 valence electrons. The highest BCUT2D eigenvalue weighted by molar-refractivity contribution is 5.76. The van der Waals surface area contributed by atoms with Gasteiger partial charge < -0.3 is 10.2 Å². The van der Waals surface area contributed by atoms with Gasteiger partial charge in [0.15, 0.2) is 0 Å². The Morgan fingerprint density at radius 2 is 2.08 bits per heavy atom. The van der Waals surface area contributed by atoms with Crippen molar-refractivity contribution in [3.05, 3.63) is 18.0 Å². The lowest BCUT2D eigenvalue weighted by molar-refractivity contribution is -0.120. The van der Waals surface area contributed by atoms with Crippen LogP contribution >= 0.6 is 0 Å². The minimum absolute atomic E-state index is 0.0458. The van der Waals surface area contributed by atoms with Crippen molar-refractivity contribution in [1.29, 1.82) is 0 Å². The summed E-state index contributed by atoms with van der Waals surface area (Å²) in [5.74, 6) is 1.67. The molecule has 0 bridgehead atoms. The van der Waals surface area contributed by atoms with E-state index in [0.29, 0.717) is 12.3 Å². The van der Waals surface area contributed by atoms with E-state index in [-0.39, 0.29) is 11.4 Å². The quantitative estimate of drug-likeness (QED) is 0.889. The Morgan fingerprint density at radius 3 is 2.92 bits per heavy atom. The van der Waals surface area contributed by atoms with Gasteiger partial charge in [-0.15, -0.1) is 0 Å². The highest BCUT2D eigenvalue weighted by Gasteiger charge is 2.41. The van der Waals surface area contributed by atoms with Crippen molar-refractivity contribution in [1.82, 2.24) is 20.2 Å². The zero-order chi connectivity index (χ0) is 17.3. The van der Waals surface area contributed by atoms with E-state index < -0.39 is 0 Å². The van der Waals surface area contributed by atoms with Crippen LogP contribution in [0.3, 0.4) is 0 Å².